The number of anilines is 1. The molecule has 3 aromatic carbocycles. The molecule has 0 spiro atoms. The van der Waals surface area contributed by atoms with Crippen molar-refractivity contribution >= 4 is 51.8 Å². The third kappa shape index (κ3) is 4.91. The summed E-state index contributed by atoms with van der Waals surface area (Å²) in [5.74, 6) is -0.828. The van der Waals surface area contributed by atoms with Crippen molar-refractivity contribution in [2.75, 3.05) is 11.9 Å². The summed E-state index contributed by atoms with van der Waals surface area (Å²) in [4.78, 5) is 31.2. The Morgan fingerprint density at radius 3 is 2.43 bits per heavy atom. The van der Waals surface area contributed by atoms with Gasteiger partial charge >= 0.3 is 5.97 Å². The summed E-state index contributed by atoms with van der Waals surface area (Å²) in [5.41, 5.74) is 3.05. The maximum atomic E-state index is 13.8. The average Bonchev–Trinajstić information content (AvgIpc) is 3.33. The minimum atomic E-state index is -0.587. The molecule has 0 saturated heterocycles. The number of nitrogens with one attached hydrogen (secondary N) is 1. The van der Waals surface area contributed by atoms with Gasteiger partial charge in [-0.05, 0) is 43.3 Å². The highest BCUT2D eigenvalue weighted by Gasteiger charge is 2.23. The van der Waals surface area contributed by atoms with Crippen LogP contribution in [0.5, 0.6) is 0 Å². The van der Waals surface area contributed by atoms with E-state index in [-0.39, 0.29) is 18.0 Å². The summed E-state index contributed by atoms with van der Waals surface area (Å²) < 4.78 is 6.69. The van der Waals surface area contributed by atoms with Crippen LogP contribution in [-0.2, 0) is 4.74 Å². The fraction of sp³-hybridized carbons (Fsp3) is 0.0714. The van der Waals surface area contributed by atoms with Gasteiger partial charge in [-0.1, -0.05) is 65.7 Å². The second-order valence-electron chi connectivity index (χ2n) is 8.03. The van der Waals surface area contributed by atoms with E-state index in [1.165, 1.54) is 10.9 Å². The van der Waals surface area contributed by atoms with Crippen molar-refractivity contribution < 1.29 is 14.3 Å². The van der Waals surface area contributed by atoms with E-state index in [1.54, 1.807) is 31.2 Å². The average molecular weight is 531 g/mol. The van der Waals surface area contributed by atoms with Gasteiger partial charge in [0.05, 0.1) is 45.3 Å². The van der Waals surface area contributed by atoms with Gasteiger partial charge in [0.2, 0.25) is 0 Å². The van der Waals surface area contributed by atoms with Gasteiger partial charge in [0.25, 0.3) is 5.91 Å². The lowest BCUT2D eigenvalue weighted by atomic mass is 10.0. The number of carbonyl (C=O) groups excluding carboxylic acids is 2. The summed E-state index contributed by atoms with van der Waals surface area (Å²) in [7, 11) is 0. The molecule has 2 aromatic heterocycles. The zero-order chi connectivity index (χ0) is 25.9. The first-order valence-corrected chi connectivity index (χ1v) is 12.2. The van der Waals surface area contributed by atoms with E-state index in [9.17, 15) is 9.59 Å². The van der Waals surface area contributed by atoms with Gasteiger partial charge in [0.15, 0.2) is 5.82 Å². The number of carbonyl (C=O) groups is 2. The van der Waals surface area contributed by atoms with E-state index in [1.807, 2.05) is 54.6 Å². The van der Waals surface area contributed by atoms with Crippen molar-refractivity contribution in [2.45, 2.75) is 6.92 Å². The molecule has 184 valence electrons. The molecule has 0 atom stereocenters. The summed E-state index contributed by atoms with van der Waals surface area (Å²) in [5, 5.41) is 8.68. The molecule has 0 aliphatic heterocycles. The first-order valence-electron chi connectivity index (χ1n) is 11.4. The number of para-hydroxylation sites is 2. The number of nitrogens with zero attached hydrogens (tertiary/aromatic N) is 3. The Hall–Kier alpha value is -4.20. The van der Waals surface area contributed by atoms with Crippen LogP contribution in [0, 0.1) is 0 Å². The molecule has 7 nitrogen and oxygen atoms in total. The fourth-order valence-electron chi connectivity index (χ4n) is 3.93. The van der Waals surface area contributed by atoms with Crippen LogP contribution >= 0.6 is 23.2 Å². The predicted octanol–water partition coefficient (Wildman–Crippen LogP) is 6.82. The van der Waals surface area contributed by atoms with Gasteiger partial charge in [-0.2, -0.15) is 5.10 Å². The highest BCUT2D eigenvalue weighted by atomic mass is 35.5. The zero-order valence-corrected chi connectivity index (χ0v) is 21.1. The molecule has 0 aliphatic carbocycles. The standard InChI is InChI=1S/C28H20Cl2N4O3/c1-2-37-28(36)21-16-31-34(18-8-4-3-5-9-18)26(21)33-27(35)20-15-25(17-12-13-22(29)23(30)14-17)32-24-11-7-6-10-19(20)24/h3-16H,2H2,1H3,(H,33,35). The van der Waals surface area contributed by atoms with Crippen LogP contribution in [-0.4, -0.2) is 33.2 Å². The van der Waals surface area contributed by atoms with Crippen LogP contribution in [0.1, 0.15) is 27.6 Å². The van der Waals surface area contributed by atoms with Gasteiger partial charge in [-0.15, -0.1) is 0 Å². The molecular formula is C28H20Cl2N4O3. The maximum Gasteiger partial charge on any atom is 0.343 e. The maximum absolute atomic E-state index is 13.8. The number of fused-ring (bicyclic) bond motifs is 1. The number of halogens is 2. The van der Waals surface area contributed by atoms with Gasteiger partial charge in [0.1, 0.15) is 5.56 Å². The minimum Gasteiger partial charge on any atom is -0.462 e. The molecule has 5 rings (SSSR count). The number of ether oxygens (including phenoxy) is 1. The number of rotatable bonds is 6. The Morgan fingerprint density at radius 1 is 0.919 bits per heavy atom. The molecule has 0 unspecified atom stereocenters. The molecule has 2 heterocycles. The topological polar surface area (TPSA) is 86.1 Å². The van der Waals surface area contributed by atoms with Crippen molar-refractivity contribution in [3.05, 3.63) is 106 Å². The normalized spacial score (nSPS) is 10.9. The lowest BCUT2D eigenvalue weighted by Crippen LogP contribution is -2.18. The fourth-order valence-corrected chi connectivity index (χ4v) is 4.23. The van der Waals surface area contributed by atoms with E-state index in [4.69, 9.17) is 32.9 Å². The molecule has 9 heteroatoms. The molecule has 0 saturated carbocycles. The van der Waals surface area contributed by atoms with E-state index in [0.29, 0.717) is 43.5 Å². The Morgan fingerprint density at radius 2 is 1.68 bits per heavy atom. The number of amides is 1. The quantitative estimate of drug-likeness (QED) is 0.243. The van der Waals surface area contributed by atoms with Crippen molar-refractivity contribution in [2.24, 2.45) is 0 Å². The van der Waals surface area contributed by atoms with E-state index >= 15 is 0 Å². The monoisotopic (exact) mass is 530 g/mol. The first-order chi connectivity index (χ1) is 18.0. The largest absolute Gasteiger partial charge is 0.462 e. The first kappa shape index (κ1) is 24.5. The second-order valence-corrected chi connectivity index (χ2v) is 8.84. The smallest absolute Gasteiger partial charge is 0.343 e. The third-order valence-electron chi connectivity index (χ3n) is 5.67. The molecule has 0 radical (unpaired) electrons. The third-order valence-corrected chi connectivity index (χ3v) is 6.41. The molecule has 1 amide bonds. The number of hydrogen-bond donors (Lipinski definition) is 1. The number of hydrogen-bond acceptors (Lipinski definition) is 5. The Labute approximate surface area is 222 Å². The molecular weight excluding hydrogens is 511 g/mol. The highest BCUT2D eigenvalue weighted by molar-refractivity contribution is 6.42. The molecule has 37 heavy (non-hydrogen) atoms. The van der Waals surface area contributed by atoms with Crippen LogP contribution < -0.4 is 5.32 Å². The molecule has 1 N–H and O–H groups in total. The molecule has 0 aliphatic rings. The van der Waals surface area contributed by atoms with Crippen LogP contribution in [0.15, 0.2) is 85.1 Å². The van der Waals surface area contributed by atoms with Crippen molar-refractivity contribution in [1.29, 1.82) is 0 Å². The summed E-state index contributed by atoms with van der Waals surface area (Å²) >= 11 is 12.3. The van der Waals surface area contributed by atoms with Gasteiger partial charge in [0, 0.05) is 10.9 Å². The van der Waals surface area contributed by atoms with E-state index in [0.717, 1.165) is 0 Å². The molecule has 0 fully saturated rings. The zero-order valence-electron chi connectivity index (χ0n) is 19.6. The van der Waals surface area contributed by atoms with Crippen LogP contribution in [0.2, 0.25) is 10.0 Å². The Bertz CT molecular complexity index is 1630. The van der Waals surface area contributed by atoms with Crippen LogP contribution in [0.25, 0.3) is 27.8 Å². The number of benzene rings is 3. The predicted molar refractivity (Wildman–Crippen MR) is 145 cm³/mol. The number of pyridine rings is 1. The molecule has 0 bridgehead atoms. The van der Waals surface area contributed by atoms with Gasteiger partial charge in [-0.3, -0.25) is 4.79 Å². The number of esters is 1. The SMILES string of the molecule is CCOC(=O)c1cnn(-c2ccccc2)c1NC(=O)c1cc(-c2ccc(Cl)c(Cl)c2)nc2ccccc12. The highest BCUT2D eigenvalue weighted by Crippen LogP contribution is 2.31. The Balaban J connectivity index is 1.62. The van der Waals surface area contributed by atoms with E-state index in [2.05, 4.69) is 10.4 Å². The van der Waals surface area contributed by atoms with E-state index < -0.39 is 11.9 Å². The number of aromatic nitrogens is 3. The lowest BCUT2D eigenvalue weighted by Gasteiger charge is -2.13. The summed E-state index contributed by atoms with van der Waals surface area (Å²) in [6.45, 7) is 1.90. The summed E-state index contributed by atoms with van der Waals surface area (Å²) in [6, 6.07) is 23.4. The van der Waals surface area contributed by atoms with Crippen molar-refractivity contribution in [1.82, 2.24) is 14.8 Å². The Kier molecular flexibility index (Phi) is 6.90. The van der Waals surface area contributed by atoms with Crippen molar-refractivity contribution in [3.63, 3.8) is 0 Å². The van der Waals surface area contributed by atoms with Crippen molar-refractivity contribution in [3.8, 4) is 16.9 Å². The second kappa shape index (κ2) is 10.4. The molecule has 5 aromatic rings. The minimum absolute atomic E-state index is 0.141. The van der Waals surface area contributed by atoms with Gasteiger partial charge < -0.3 is 10.1 Å². The van der Waals surface area contributed by atoms with Crippen LogP contribution in [0.3, 0.4) is 0 Å². The van der Waals surface area contributed by atoms with Crippen LogP contribution in [0.4, 0.5) is 5.82 Å². The lowest BCUT2D eigenvalue weighted by molar-refractivity contribution is 0.0527. The van der Waals surface area contributed by atoms with Gasteiger partial charge in [-0.25, -0.2) is 14.5 Å². The summed E-state index contributed by atoms with van der Waals surface area (Å²) in [6.07, 6.45) is 1.38.